The molecule has 0 saturated carbocycles. The first-order valence-electron chi connectivity index (χ1n) is 13.4. The quantitative estimate of drug-likeness (QED) is 0.0787. The molecule has 1 aromatic rings. The number of rotatable bonds is 22. The molecule has 0 unspecified atom stereocenters. The third kappa shape index (κ3) is 19.7. The standard InChI is InChI=1S/C27H49N3O2S/c1-2-3-4-5-6-7-8-9-10-11-12-13-14-15-16-17-22-28-27(32)30-29-23-24-33-26-20-18-25(31)19-21-26/h18-21,29,31H,2-17,22-24H2,1H3,(H2,28,30,32). The average Bonchev–Trinajstić information content (AvgIpc) is 2.82. The first-order chi connectivity index (χ1) is 16.2. The lowest BCUT2D eigenvalue weighted by Gasteiger charge is -2.09. The van der Waals surface area contributed by atoms with Gasteiger partial charge in [0.25, 0.3) is 0 Å². The number of carbonyl (C=O) groups excluding carboxylic acids is 1. The summed E-state index contributed by atoms with van der Waals surface area (Å²) in [6, 6.07) is 6.97. The number of aromatic hydroxyl groups is 1. The third-order valence-corrected chi connectivity index (χ3v) is 6.86. The number of hydrogen-bond acceptors (Lipinski definition) is 4. The van der Waals surface area contributed by atoms with Crippen LogP contribution >= 0.6 is 11.8 Å². The van der Waals surface area contributed by atoms with Gasteiger partial charge in [0.05, 0.1) is 0 Å². The Bertz CT molecular complexity index is 569. The van der Waals surface area contributed by atoms with Crippen molar-refractivity contribution in [2.75, 3.05) is 18.8 Å². The minimum absolute atomic E-state index is 0.161. The molecular weight excluding hydrogens is 430 g/mol. The maximum Gasteiger partial charge on any atom is 0.329 e. The second kappa shape index (κ2) is 22.4. The molecule has 0 aliphatic heterocycles. The number of carbonyl (C=O) groups is 1. The van der Waals surface area contributed by atoms with E-state index in [1.165, 1.54) is 96.3 Å². The summed E-state index contributed by atoms with van der Waals surface area (Å²) in [6.07, 6.45) is 21.7. The van der Waals surface area contributed by atoms with Crippen molar-refractivity contribution in [3.8, 4) is 5.75 Å². The predicted molar refractivity (Wildman–Crippen MR) is 143 cm³/mol. The van der Waals surface area contributed by atoms with E-state index in [4.69, 9.17) is 0 Å². The van der Waals surface area contributed by atoms with Crippen LogP contribution < -0.4 is 16.2 Å². The number of phenolic OH excluding ortho intramolecular Hbond substituents is 1. The fourth-order valence-electron chi connectivity index (χ4n) is 3.82. The van der Waals surface area contributed by atoms with Gasteiger partial charge in [0.1, 0.15) is 5.75 Å². The van der Waals surface area contributed by atoms with Crippen molar-refractivity contribution in [3.63, 3.8) is 0 Å². The monoisotopic (exact) mass is 479 g/mol. The van der Waals surface area contributed by atoms with E-state index in [0.29, 0.717) is 6.54 Å². The van der Waals surface area contributed by atoms with Crippen molar-refractivity contribution < 1.29 is 9.90 Å². The maximum atomic E-state index is 11.8. The van der Waals surface area contributed by atoms with Crippen LogP contribution in [0.2, 0.25) is 0 Å². The minimum atomic E-state index is -0.161. The topological polar surface area (TPSA) is 73.4 Å². The molecule has 0 fully saturated rings. The van der Waals surface area contributed by atoms with Gasteiger partial charge in [-0.2, -0.15) is 0 Å². The lowest BCUT2D eigenvalue weighted by atomic mass is 10.0. The summed E-state index contributed by atoms with van der Waals surface area (Å²) in [5, 5.41) is 12.2. The van der Waals surface area contributed by atoms with Gasteiger partial charge in [0.2, 0.25) is 0 Å². The van der Waals surface area contributed by atoms with Crippen LogP contribution in [0.5, 0.6) is 5.75 Å². The molecule has 1 rings (SSSR count). The summed E-state index contributed by atoms with van der Waals surface area (Å²) < 4.78 is 0. The Morgan fingerprint density at radius 2 is 1.21 bits per heavy atom. The van der Waals surface area contributed by atoms with E-state index < -0.39 is 0 Å². The molecule has 33 heavy (non-hydrogen) atoms. The SMILES string of the molecule is CCCCCCCCCCCCCCCCCCNC(=O)NNCCSc1ccc(O)cc1. The fraction of sp³-hybridized carbons (Fsp3) is 0.741. The number of unbranched alkanes of at least 4 members (excludes halogenated alkanes) is 15. The summed E-state index contributed by atoms with van der Waals surface area (Å²) in [6.45, 7) is 3.69. The molecule has 0 aliphatic rings. The number of benzene rings is 1. The Hall–Kier alpha value is -1.40. The van der Waals surface area contributed by atoms with Crippen LogP contribution in [-0.2, 0) is 0 Å². The summed E-state index contributed by atoms with van der Waals surface area (Å²) in [7, 11) is 0. The maximum absolute atomic E-state index is 11.8. The zero-order valence-corrected chi connectivity index (χ0v) is 21.8. The van der Waals surface area contributed by atoms with Crippen LogP contribution in [0.3, 0.4) is 0 Å². The molecule has 0 heterocycles. The molecule has 0 atom stereocenters. The lowest BCUT2D eigenvalue weighted by Crippen LogP contribution is -2.45. The Morgan fingerprint density at radius 3 is 1.73 bits per heavy atom. The molecule has 0 saturated heterocycles. The fourth-order valence-corrected chi connectivity index (χ4v) is 4.59. The van der Waals surface area contributed by atoms with Crippen molar-refractivity contribution in [3.05, 3.63) is 24.3 Å². The molecule has 0 aromatic heterocycles. The van der Waals surface area contributed by atoms with Crippen LogP contribution in [0.1, 0.15) is 110 Å². The van der Waals surface area contributed by atoms with Crippen LogP contribution in [0, 0.1) is 0 Å². The van der Waals surface area contributed by atoms with Crippen molar-refractivity contribution in [2.24, 2.45) is 0 Å². The number of nitrogens with one attached hydrogen (secondary N) is 3. The Labute approximate surface area is 207 Å². The van der Waals surface area contributed by atoms with E-state index in [0.717, 1.165) is 23.6 Å². The first kappa shape index (κ1) is 29.6. The zero-order chi connectivity index (χ0) is 23.8. The molecule has 0 bridgehead atoms. The summed E-state index contributed by atoms with van der Waals surface area (Å²) in [5.41, 5.74) is 5.62. The van der Waals surface area contributed by atoms with E-state index in [1.807, 2.05) is 12.1 Å². The highest BCUT2D eigenvalue weighted by molar-refractivity contribution is 7.99. The van der Waals surface area contributed by atoms with Crippen LogP contribution in [0.15, 0.2) is 29.2 Å². The Balaban J connectivity index is 1.74. The van der Waals surface area contributed by atoms with Gasteiger partial charge >= 0.3 is 6.03 Å². The molecule has 190 valence electrons. The Kier molecular flexibility index (Phi) is 20.1. The smallest absolute Gasteiger partial charge is 0.329 e. The van der Waals surface area contributed by atoms with E-state index >= 15 is 0 Å². The van der Waals surface area contributed by atoms with Crippen LogP contribution in [0.25, 0.3) is 0 Å². The summed E-state index contributed by atoms with van der Waals surface area (Å²) in [4.78, 5) is 12.9. The van der Waals surface area contributed by atoms with Gasteiger partial charge < -0.3 is 10.4 Å². The molecule has 2 amide bonds. The molecule has 0 radical (unpaired) electrons. The van der Waals surface area contributed by atoms with Crippen LogP contribution in [0.4, 0.5) is 4.79 Å². The molecule has 0 aliphatic carbocycles. The highest BCUT2D eigenvalue weighted by Crippen LogP contribution is 2.19. The number of thioether (sulfide) groups is 1. The van der Waals surface area contributed by atoms with Gasteiger partial charge in [-0.1, -0.05) is 103 Å². The van der Waals surface area contributed by atoms with Gasteiger partial charge in [-0.05, 0) is 30.7 Å². The summed E-state index contributed by atoms with van der Waals surface area (Å²) in [5.74, 6) is 1.12. The second-order valence-corrected chi connectivity index (χ2v) is 10.1. The summed E-state index contributed by atoms with van der Waals surface area (Å²) >= 11 is 1.68. The largest absolute Gasteiger partial charge is 0.508 e. The van der Waals surface area contributed by atoms with Crippen molar-refractivity contribution in [1.29, 1.82) is 0 Å². The normalized spacial score (nSPS) is 10.9. The van der Waals surface area contributed by atoms with Crippen molar-refractivity contribution >= 4 is 17.8 Å². The van der Waals surface area contributed by atoms with E-state index in [9.17, 15) is 9.90 Å². The lowest BCUT2D eigenvalue weighted by molar-refractivity contribution is 0.236. The predicted octanol–water partition coefficient (Wildman–Crippen LogP) is 7.55. The zero-order valence-electron chi connectivity index (χ0n) is 21.0. The van der Waals surface area contributed by atoms with Gasteiger partial charge in [0, 0.05) is 23.7 Å². The highest BCUT2D eigenvalue weighted by atomic mass is 32.2. The number of phenols is 1. The highest BCUT2D eigenvalue weighted by Gasteiger charge is 1.99. The molecular formula is C27H49N3O2S. The first-order valence-corrected chi connectivity index (χ1v) is 14.4. The molecule has 0 spiro atoms. The van der Waals surface area contributed by atoms with Crippen LogP contribution in [-0.4, -0.2) is 30.0 Å². The van der Waals surface area contributed by atoms with E-state index in [1.54, 1.807) is 23.9 Å². The van der Waals surface area contributed by atoms with Gasteiger partial charge in [-0.25, -0.2) is 10.2 Å². The molecule has 5 nitrogen and oxygen atoms in total. The number of hydrazine groups is 1. The Morgan fingerprint density at radius 1 is 0.727 bits per heavy atom. The third-order valence-electron chi connectivity index (χ3n) is 5.85. The minimum Gasteiger partial charge on any atom is -0.508 e. The van der Waals surface area contributed by atoms with Gasteiger partial charge in [-0.3, -0.25) is 5.43 Å². The number of hydrogen-bond donors (Lipinski definition) is 4. The number of urea groups is 1. The molecule has 1 aromatic carbocycles. The second-order valence-electron chi connectivity index (χ2n) is 8.95. The molecule has 4 N–H and O–H groups in total. The average molecular weight is 480 g/mol. The van der Waals surface area contributed by atoms with Gasteiger partial charge in [-0.15, -0.1) is 11.8 Å². The van der Waals surface area contributed by atoms with E-state index in [2.05, 4.69) is 23.1 Å². The van der Waals surface area contributed by atoms with Gasteiger partial charge in [0.15, 0.2) is 0 Å². The van der Waals surface area contributed by atoms with Crippen molar-refractivity contribution in [1.82, 2.24) is 16.2 Å². The molecule has 6 heteroatoms. The van der Waals surface area contributed by atoms with Crippen molar-refractivity contribution in [2.45, 2.75) is 115 Å². The van der Waals surface area contributed by atoms with E-state index in [-0.39, 0.29) is 11.8 Å². The number of amides is 2.